The molecule has 25 heavy (non-hydrogen) atoms. The van der Waals surface area contributed by atoms with Gasteiger partial charge in [0, 0.05) is 13.1 Å². The number of methoxy groups -OCH3 is 1. The molecule has 1 amide bonds. The van der Waals surface area contributed by atoms with Gasteiger partial charge in [-0.15, -0.1) is 0 Å². The van der Waals surface area contributed by atoms with Gasteiger partial charge in [-0.3, -0.25) is 9.59 Å². The van der Waals surface area contributed by atoms with Crippen molar-refractivity contribution in [3.63, 3.8) is 0 Å². The SMILES string of the molecule is COc1cc(=O)n(-c2ccccc2C)nc1C(=O)N1CCCC(C)C1. The van der Waals surface area contributed by atoms with Crippen molar-refractivity contribution in [2.45, 2.75) is 26.7 Å². The molecule has 0 N–H and O–H groups in total. The van der Waals surface area contributed by atoms with Crippen LogP contribution in [0.15, 0.2) is 35.1 Å². The van der Waals surface area contributed by atoms with E-state index in [0.29, 0.717) is 24.7 Å². The second kappa shape index (κ2) is 7.09. The Balaban J connectivity index is 2.07. The number of aromatic nitrogens is 2. The quantitative estimate of drug-likeness (QED) is 0.860. The average Bonchev–Trinajstić information content (AvgIpc) is 2.61. The fraction of sp³-hybridized carbons (Fsp3) is 0.421. The van der Waals surface area contributed by atoms with Crippen LogP contribution in [-0.4, -0.2) is 40.8 Å². The molecule has 1 saturated heterocycles. The Hall–Kier alpha value is -2.63. The molecule has 1 aromatic heterocycles. The smallest absolute Gasteiger partial charge is 0.278 e. The minimum absolute atomic E-state index is 0.180. The van der Waals surface area contributed by atoms with Crippen molar-refractivity contribution in [3.05, 3.63) is 51.9 Å². The Morgan fingerprint density at radius 2 is 2.08 bits per heavy atom. The van der Waals surface area contributed by atoms with E-state index < -0.39 is 0 Å². The Kier molecular flexibility index (Phi) is 4.88. The number of aryl methyl sites for hydroxylation is 1. The summed E-state index contributed by atoms with van der Waals surface area (Å²) >= 11 is 0. The van der Waals surface area contributed by atoms with Crippen molar-refractivity contribution in [2.24, 2.45) is 5.92 Å². The molecule has 0 spiro atoms. The molecule has 2 heterocycles. The summed E-state index contributed by atoms with van der Waals surface area (Å²) in [5.41, 5.74) is 1.43. The monoisotopic (exact) mass is 341 g/mol. The number of likely N-dealkylation sites (tertiary alicyclic amines) is 1. The minimum atomic E-state index is -0.324. The zero-order valence-corrected chi connectivity index (χ0v) is 14.9. The van der Waals surface area contributed by atoms with Gasteiger partial charge in [-0.25, -0.2) is 0 Å². The molecule has 1 aliphatic rings. The van der Waals surface area contributed by atoms with E-state index in [4.69, 9.17) is 4.74 Å². The normalized spacial score (nSPS) is 17.4. The zero-order valence-electron chi connectivity index (χ0n) is 14.9. The molecule has 1 aliphatic heterocycles. The van der Waals surface area contributed by atoms with Crippen LogP contribution in [0, 0.1) is 12.8 Å². The lowest BCUT2D eigenvalue weighted by Crippen LogP contribution is -2.40. The van der Waals surface area contributed by atoms with Crippen molar-refractivity contribution in [2.75, 3.05) is 20.2 Å². The predicted molar refractivity (Wildman–Crippen MR) is 95.4 cm³/mol. The number of amides is 1. The van der Waals surface area contributed by atoms with Crippen LogP contribution >= 0.6 is 0 Å². The van der Waals surface area contributed by atoms with E-state index >= 15 is 0 Å². The van der Waals surface area contributed by atoms with Crippen molar-refractivity contribution in [3.8, 4) is 11.4 Å². The maximum atomic E-state index is 13.0. The van der Waals surface area contributed by atoms with Crippen LogP contribution in [0.3, 0.4) is 0 Å². The molecule has 0 aliphatic carbocycles. The molecule has 1 fully saturated rings. The van der Waals surface area contributed by atoms with Crippen LogP contribution in [0.25, 0.3) is 5.69 Å². The third kappa shape index (κ3) is 3.43. The molecule has 0 saturated carbocycles. The maximum Gasteiger partial charge on any atom is 0.278 e. The van der Waals surface area contributed by atoms with Crippen molar-refractivity contribution in [1.29, 1.82) is 0 Å². The van der Waals surface area contributed by atoms with Gasteiger partial charge < -0.3 is 9.64 Å². The van der Waals surface area contributed by atoms with E-state index in [0.717, 1.165) is 18.4 Å². The molecule has 6 nitrogen and oxygen atoms in total. The third-order valence-electron chi connectivity index (χ3n) is 4.61. The molecule has 3 rings (SSSR count). The van der Waals surface area contributed by atoms with Crippen molar-refractivity contribution < 1.29 is 9.53 Å². The van der Waals surface area contributed by atoms with E-state index in [2.05, 4.69) is 12.0 Å². The van der Waals surface area contributed by atoms with E-state index in [-0.39, 0.29) is 22.9 Å². The molecule has 0 radical (unpaired) electrons. The zero-order chi connectivity index (χ0) is 18.0. The van der Waals surface area contributed by atoms with Gasteiger partial charge in [0.05, 0.1) is 18.9 Å². The Bertz CT molecular complexity index is 844. The lowest BCUT2D eigenvalue weighted by molar-refractivity contribution is 0.0671. The third-order valence-corrected chi connectivity index (χ3v) is 4.61. The fourth-order valence-electron chi connectivity index (χ4n) is 3.24. The van der Waals surface area contributed by atoms with Crippen LogP contribution in [0.2, 0.25) is 0 Å². The largest absolute Gasteiger partial charge is 0.494 e. The highest BCUT2D eigenvalue weighted by atomic mass is 16.5. The highest BCUT2D eigenvalue weighted by molar-refractivity contribution is 5.94. The highest BCUT2D eigenvalue weighted by Crippen LogP contribution is 2.22. The summed E-state index contributed by atoms with van der Waals surface area (Å²) in [5, 5.41) is 4.36. The van der Waals surface area contributed by atoms with Gasteiger partial charge in [-0.05, 0) is 37.3 Å². The van der Waals surface area contributed by atoms with Gasteiger partial charge >= 0.3 is 0 Å². The summed E-state index contributed by atoms with van der Waals surface area (Å²) in [6, 6.07) is 8.79. The maximum absolute atomic E-state index is 13.0. The summed E-state index contributed by atoms with van der Waals surface area (Å²) in [6.07, 6.45) is 2.10. The molecule has 132 valence electrons. The second-order valence-corrected chi connectivity index (χ2v) is 6.60. The number of hydrogen-bond acceptors (Lipinski definition) is 4. The summed E-state index contributed by atoms with van der Waals surface area (Å²) in [6.45, 7) is 5.45. The Morgan fingerprint density at radius 3 is 2.76 bits per heavy atom. The Labute approximate surface area is 147 Å². The molecular weight excluding hydrogens is 318 g/mol. The lowest BCUT2D eigenvalue weighted by Gasteiger charge is -2.31. The highest BCUT2D eigenvalue weighted by Gasteiger charge is 2.27. The number of carbonyl (C=O) groups excluding carboxylic acids is 1. The van der Waals surface area contributed by atoms with Gasteiger partial charge in [0.2, 0.25) is 0 Å². The number of piperidine rings is 1. The first kappa shape index (κ1) is 17.2. The Morgan fingerprint density at radius 1 is 1.32 bits per heavy atom. The van der Waals surface area contributed by atoms with Gasteiger partial charge in [-0.1, -0.05) is 25.1 Å². The first-order valence-electron chi connectivity index (χ1n) is 8.55. The number of rotatable bonds is 3. The lowest BCUT2D eigenvalue weighted by atomic mass is 10.00. The molecule has 1 unspecified atom stereocenters. The van der Waals surface area contributed by atoms with Gasteiger partial charge in [0.1, 0.15) is 0 Å². The van der Waals surface area contributed by atoms with Crippen LogP contribution < -0.4 is 10.3 Å². The number of hydrogen-bond donors (Lipinski definition) is 0. The van der Waals surface area contributed by atoms with E-state index in [1.807, 2.05) is 31.2 Å². The van der Waals surface area contributed by atoms with Gasteiger partial charge in [-0.2, -0.15) is 9.78 Å². The number of ether oxygens (including phenoxy) is 1. The number of carbonyl (C=O) groups is 1. The standard InChI is InChI=1S/C19H23N3O3/c1-13-7-6-10-21(12-13)19(24)18-16(25-3)11-17(23)22(20-18)15-9-5-4-8-14(15)2/h4-5,8-9,11,13H,6-7,10,12H2,1-3H3. The molecule has 2 aromatic rings. The number of nitrogens with zero attached hydrogens (tertiary/aromatic N) is 3. The summed E-state index contributed by atoms with van der Waals surface area (Å²) < 4.78 is 6.54. The summed E-state index contributed by atoms with van der Waals surface area (Å²) in [7, 11) is 1.45. The predicted octanol–water partition coefficient (Wildman–Crippen LogP) is 2.42. The first-order chi connectivity index (χ1) is 12.0. The summed E-state index contributed by atoms with van der Waals surface area (Å²) in [4.78, 5) is 27.2. The van der Waals surface area contributed by atoms with Crippen LogP contribution in [0.4, 0.5) is 0 Å². The molecule has 1 aromatic carbocycles. The first-order valence-corrected chi connectivity index (χ1v) is 8.55. The van der Waals surface area contributed by atoms with E-state index in [1.54, 1.807) is 4.90 Å². The summed E-state index contributed by atoms with van der Waals surface area (Å²) in [5.74, 6) is 0.495. The number of benzene rings is 1. The van der Waals surface area contributed by atoms with E-state index in [9.17, 15) is 9.59 Å². The molecule has 1 atom stereocenters. The topological polar surface area (TPSA) is 64.4 Å². The molecule has 0 bridgehead atoms. The molecular formula is C19H23N3O3. The number of para-hydroxylation sites is 1. The van der Waals surface area contributed by atoms with Crippen LogP contribution in [0.5, 0.6) is 5.75 Å². The van der Waals surface area contributed by atoms with Crippen molar-refractivity contribution >= 4 is 5.91 Å². The van der Waals surface area contributed by atoms with Crippen LogP contribution in [0.1, 0.15) is 35.8 Å². The van der Waals surface area contributed by atoms with Gasteiger partial charge in [0.25, 0.3) is 11.5 Å². The second-order valence-electron chi connectivity index (χ2n) is 6.60. The van der Waals surface area contributed by atoms with Crippen molar-refractivity contribution in [1.82, 2.24) is 14.7 Å². The molecule has 6 heteroatoms. The van der Waals surface area contributed by atoms with Crippen LogP contribution in [-0.2, 0) is 0 Å². The fourth-order valence-corrected chi connectivity index (χ4v) is 3.24. The van der Waals surface area contributed by atoms with Gasteiger partial charge in [0.15, 0.2) is 11.4 Å². The average molecular weight is 341 g/mol. The van der Waals surface area contributed by atoms with E-state index in [1.165, 1.54) is 17.9 Å². The minimum Gasteiger partial charge on any atom is -0.494 e.